The predicted molar refractivity (Wildman–Crippen MR) is 81.7 cm³/mol. The molecule has 0 aliphatic carbocycles. The van der Waals surface area contributed by atoms with Crippen molar-refractivity contribution in [2.45, 2.75) is 13.3 Å². The van der Waals surface area contributed by atoms with E-state index in [0.29, 0.717) is 29.5 Å². The lowest BCUT2D eigenvalue weighted by Gasteiger charge is -2.07. The maximum Gasteiger partial charge on any atom is 0.167 e. The van der Waals surface area contributed by atoms with Gasteiger partial charge in [0.2, 0.25) is 0 Å². The van der Waals surface area contributed by atoms with E-state index in [1.807, 2.05) is 43.3 Å². The van der Waals surface area contributed by atoms with E-state index in [1.54, 1.807) is 18.2 Å². The summed E-state index contributed by atoms with van der Waals surface area (Å²) in [6.07, 6.45) is 0.711. The van der Waals surface area contributed by atoms with Gasteiger partial charge in [0.05, 0.1) is 5.56 Å². The van der Waals surface area contributed by atoms with Crippen LogP contribution in [0.5, 0.6) is 5.75 Å². The van der Waals surface area contributed by atoms with Crippen LogP contribution in [0.2, 0.25) is 0 Å². The zero-order chi connectivity index (χ0) is 14.7. The summed E-state index contributed by atoms with van der Waals surface area (Å²) in [5.74, 6) is 2.01. The Labute approximate surface area is 123 Å². The highest BCUT2D eigenvalue weighted by molar-refractivity contribution is 5.65. The van der Waals surface area contributed by atoms with Crippen LogP contribution in [0.15, 0.2) is 54.6 Å². The smallest absolute Gasteiger partial charge is 0.167 e. The Hall–Kier alpha value is -2.75. The van der Waals surface area contributed by atoms with Gasteiger partial charge in [-0.3, -0.25) is 0 Å². The molecule has 1 N–H and O–H groups in total. The number of hydrogen-bond donors (Lipinski definition) is 1. The Morgan fingerprint density at radius 2 is 1.48 bits per heavy atom. The van der Waals surface area contributed by atoms with E-state index in [1.165, 1.54) is 0 Å². The van der Waals surface area contributed by atoms with Gasteiger partial charge in [-0.1, -0.05) is 49.4 Å². The van der Waals surface area contributed by atoms with E-state index in [0.717, 1.165) is 5.56 Å². The van der Waals surface area contributed by atoms with Crippen LogP contribution in [0, 0.1) is 0 Å². The summed E-state index contributed by atoms with van der Waals surface area (Å²) in [6, 6.07) is 16.8. The third-order valence-corrected chi connectivity index (χ3v) is 3.17. The number of aryl methyl sites for hydroxylation is 1. The molecule has 1 aromatic heterocycles. The summed E-state index contributed by atoms with van der Waals surface area (Å²) in [4.78, 5) is 13.4. The molecule has 0 saturated carbocycles. The van der Waals surface area contributed by atoms with Gasteiger partial charge in [0, 0.05) is 12.0 Å². The number of benzene rings is 2. The summed E-state index contributed by atoms with van der Waals surface area (Å²) in [6.45, 7) is 2.00. The van der Waals surface area contributed by atoms with Crippen molar-refractivity contribution in [3.05, 3.63) is 60.4 Å². The van der Waals surface area contributed by atoms with Gasteiger partial charge in [0.15, 0.2) is 11.6 Å². The van der Waals surface area contributed by atoms with Crippen LogP contribution >= 0.6 is 0 Å². The van der Waals surface area contributed by atoms with Gasteiger partial charge in [-0.05, 0) is 12.1 Å². The van der Waals surface area contributed by atoms with Gasteiger partial charge in [-0.2, -0.15) is 0 Å². The molecule has 0 aliphatic rings. The molecule has 2 aromatic carbocycles. The second-order valence-electron chi connectivity index (χ2n) is 4.64. The standard InChI is InChI=1S/C17H15N3O/c1-2-15-18-16(12-8-4-3-5-9-12)20-17(19-15)13-10-6-7-11-14(13)21/h3-11,21H,2H2,1H3. The van der Waals surface area contributed by atoms with Gasteiger partial charge >= 0.3 is 0 Å². The molecule has 4 heteroatoms. The Balaban J connectivity index is 2.17. The van der Waals surface area contributed by atoms with Crippen LogP contribution < -0.4 is 0 Å². The fraction of sp³-hybridized carbons (Fsp3) is 0.118. The first-order chi connectivity index (χ1) is 10.3. The normalized spacial score (nSPS) is 10.5. The first-order valence-corrected chi connectivity index (χ1v) is 6.86. The maximum atomic E-state index is 9.99. The molecule has 0 radical (unpaired) electrons. The molecule has 0 spiro atoms. The highest BCUT2D eigenvalue weighted by atomic mass is 16.3. The van der Waals surface area contributed by atoms with E-state index in [-0.39, 0.29) is 5.75 Å². The van der Waals surface area contributed by atoms with Crippen LogP contribution in [0.3, 0.4) is 0 Å². The zero-order valence-corrected chi connectivity index (χ0v) is 11.7. The second kappa shape index (κ2) is 5.71. The molecule has 1 heterocycles. The van der Waals surface area contributed by atoms with Crippen molar-refractivity contribution in [3.63, 3.8) is 0 Å². The average Bonchev–Trinajstić information content (AvgIpc) is 2.55. The molecule has 0 atom stereocenters. The third kappa shape index (κ3) is 2.74. The minimum Gasteiger partial charge on any atom is -0.507 e. The predicted octanol–water partition coefficient (Wildman–Crippen LogP) is 3.47. The van der Waals surface area contributed by atoms with E-state index in [9.17, 15) is 5.11 Å². The Morgan fingerprint density at radius 1 is 0.810 bits per heavy atom. The molecule has 3 aromatic rings. The first-order valence-electron chi connectivity index (χ1n) is 6.86. The van der Waals surface area contributed by atoms with Gasteiger partial charge in [-0.25, -0.2) is 15.0 Å². The van der Waals surface area contributed by atoms with Crippen LogP contribution in [-0.2, 0) is 6.42 Å². The summed E-state index contributed by atoms with van der Waals surface area (Å²) in [5, 5.41) is 9.99. The lowest BCUT2D eigenvalue weighted by Crippen LogP contribution is -2.02. The molecule has 104 valence electrons. The third-order valence-electron chi connectivity index (χ3n) is 3.17. The van der Waals surface area contributed by atoms with E-state index in [2.05, 4.69) is 15.0 Å². The maximum absolute atomic E-state index is 9.99. The summed E-state index contributed by atoms with van der Waals surface area (Å²) in [7, 11) is 0. The van der Waals surface area contributed by atoms with Crippen LogP contribution in [0.25, 0.3) is 22.8 Å². The largest absolute Gasteiger partial charge is 0.507 e. The fourth-order valence-corrected chi connectivity index (χ4v) is 2.08. The molecule has 0 amide bonds. The van der Waals surface area contributed by atoms with Crippen molar-refractivity contribution in [2.75, 3.05) is 0 Å². The Kier molecular flexibility index (Phi) is 3.60. The zero-order valence-electron chi connectivity index (χ0n) is 11.7. The molecule has 0 fully saturated rings. The van der Waals surface area contributed by atoms with Gasteiger partial charge in [0.1, 0.15) is 11.6 Å². The number of phenolic OH excluding ortho intramolecular Hbond substituents is 1. The lowest BCUT2D eigenvalue weighted by molar-refractivity contribution is 0.477. The van der Waals surface area contributed by atoms with Crippen molar-refractivity contribution in [1.29, 1.82) is 0 Å². The molecule has 0 saturated heterocycles. The number of aromatic hydroxyl groups is 1. The van der Waals surface area contributed by atoms with Crippen molar-refractivity contribution in [3.8, 4) is 28.5 Å². The molecule has 21 heavy (non-hydrogen) atoms. The molecule has 3 rings (SSSR count). The average molecular weight is 277 g/mol. The quantitative estimate of drug-likeness (QED) is 0.796. The first kappa shape index (κ1) is 13.2. The van der Waals surface area contributed by atoms with Crippen molar-refractivity contribution in [2.24, 2.45) is 0 Å². The van der Waals surface area contributed by atoms with E-state index in [4.69, 9.17) is 0 Å². The van der Waals surface area contributed by atoms with Gasteiger partial charge in [0.25, 0.3) is 0 Å². The highest BCUT2D eigenvalue weighted by Crippen LogP contribution is 2.27. The summed E-state index contributed by atoms with van der Waals surface area (Å²) < 4.78 is 0. The molecular formula is C17H15N3O. The Bertz CT molecular complexity index is 757. The number of phenols is 1. The van der Waals surface area contributed by atoms with Crippen LogP contribution in [-0.4, -0.2) is 20.1 Å². The van der Waals surface area contributed by atoms with E-state index >= 15 is 0 Å². The molecule has 0 aliphatic heterocycles. The van der Waals surface area contributed by atoms with Crippen LogP contribution in [0.1, 0.15) is 12.7 Å². The number of hydrogen-bond acceptors (Lipinski definition) is 4. The lowest BCUT2D eigenvalue weighted by atomic mass is 10.1. The topological polar surface area (TPSA) is 58.9 Å². The monoisotopic (exact) mass is 277 g/mol. The van der Waals surface area contributed by atoms with Crippen molar-refractivity contribution >= 4 is 0 Å². The highest BCUT2D eigenvalue weighted by Gasteiger charge is 2.11. The second-order valence-corrected chi connectivity index (χ2v) is 4.64. The number of para-hydroxylation sites is 1. The van der Waals surface area contributed by atoms with Crippen molar-refractivity contribution < 1.29 is 5.11 Å². The fourth-order valence-electron chi connectivity index (χ4n) is 2.08. The number of nitrogens with zero attached hydrogens (tertiary/aromatic N) is 3. The minimum absolute atomic E-state index is 0.171. The van der Waals surface area contributed by atoms with Crippen LogP contribution in [0.4, 0.5) is 0 Å². The molecule has 4 nitrogen and oxygen atoms in total. The minimum atomic E-state index is 0.171. The van der Waals surface area contributed by atoms with E-state index < -0.39 is 0 Å². The van der Waals surface area contributed by atoms with Gasteiger partial charge < -0.3 is 5.11 Å². The summed E-state index contributed by atoms with van der Waals surface area (Å²) in [5.41, 5.74) is 1.55. The van der Waals surface area contributed by atoms with Crippen molar-refractivity contribution in [1.82, 2.24) is 15.0 Å². The Morgan fingerprint density at radius 3 is 2.19 bits per heavy atom. The van der Waals surface area contributed by atoms with Gasteiger partial charge in [-0.15, -0.1) is 0 Å². The number of rotatable bonds is 3. The molecule has 0 bridgehead atoms. The number of aromatic nitrogens is 3. The molecule has 0 unspecified atom stereocenters. The summed E-state index contributed by atoms with van der Waals surface area (Å²) >= 11 is 0. The SMILES string of the molecule is CCc1nc(-c2ccccc2)nc(-c2ccccc2O)n1. The molecular weight excluding hydrogens is 262 g/mol.